The van der Waals surface area contributed by atoms with Crippen LogP contribution in [0.3, 0.4) is 0 Å². The van der Waals surface area contributed by atoms with E-state index >= 15 is 0 Å². The first kappa shape index (κ1) is 17.9. The van der Waals surface area contributed by atoms with Crippen molar-refractivity contribution in [3.8, 4) is 5.75 Å². The Morgan fingerprint density at radius 3 is 2.68 bits per heavy atom. The number of benzene rings is 1. The molecule has 0 aliphatic heterocycles. The monoisotopic (exact) mass is 304 g/mol. The van der Waals surface area contributed by atoms with Gasteiger partial charge in [0.15, 0.2) is 6.79 Å². The van der Waals surface area contributed by atoms with E-state index in [1.54, 1.807) is 13.2 Å². The molecule has 0 saturated heterocycles. The number of hydrogen-bond donors (Lipinski definition) is 2. The fourth-order valence-corrected chi connectivity index (χ4v) is 2.28. The van der Waals surface area contributed by atoms with Gasteiger partial charge >= 0.3 is 0 Å². The van der Waals surface area contributed by atoms with Gasteiger partial charge in [-0.2, -0.15) is 0 Å². The molecule has 0 amide bonds. The zero-order valence-corrected chi connectivity index (χ0v) is 13.2. The molecule has 1 unspecified atom stereocenters. The predicted octanol–water partition coefficient (Wildman–Crippen LogP) is 4.06. The van der Waals surface area contributed by atoms with E-state index in [0.717, 1.165) is 17.7 Å². The topological polar surface area (TPSA) is 58.9 Å². The molecular formula is C18H24O4. The van der Waals surface area contributed by atoms with E-state index in [2.05, 4.69) is 13.5 Å². The first-order valence-electron chi connectivity index (χ1n) is 7.25. The van der Waals surface area contributed by atoms with Crippen molar-refractivity contribution < 1.29 is 19.7 Å². The number of aliphatic hydroxyl groups excluding tert-OH is 2. The van der Waals surface area contributed by atoms with Gasteiger partial charge < -0.3 is 19.7 Å². The average Bonchev–Trinajstić information content (AvgIpc) is 2.53. The molecule has 0 bridgehead atoms. The summed E-state index contributed by atoms with van der Waals surface area (Å²) in [5.74, 6) is 1.49. The number of hydrogen-bond acceptors (Lipinski definition) is 4. The molecule has 0 heterocycles. The molecule has 1 aromatic rings. The normalized spacial score (nSPS) is 13.6. The maximum Gasteiger partial charge on any atom is 0.186 e. The Balaban J connectivity index is 2.93. The standard InChI is InChI=1S/C18H24O4/c1-4-8-16(22-13-19)12-15(20)11-14(5-2)17-9-6-7-10-18(17)21-3/h4,6-10,12,14,19-20H,1,5,11,13H2,2-3H3/b15-12+,16-8+. The van der Waals surface area contributed by atoms with Crippen molar-refractivity contribution in [1.29, 1.82) is 0 Å². The quantitative estimate of drug-likeness (QED) is 0.410. The van der Waals surface area contributed by atoms with Crippen LogP contribution in [0, 0.1) is 0 Å². The highest BCUT2D eigenvalue weighted by Gasteiger charge is 2.16. The average molecular weight is 304 g/mol. The molecule has 1 rings (SSSR count). The van der Waals surface area contributed by atoms with Gasteiger partial charge in [0.05, 0.1) is 12.9 Å². The van der Waals surface area contributed by atoms with Crippen molar-refractivity contribution in [2.24, 2.45) is 0 Å². The van der Waals surface area contributed by atoms with Crippen LogP contribution < -0.4 is 4.74 Å². The SMILES string of the molecule is C=C/C=C(\C=C(\O)CC(CC)c1ccccc1OC)OCO. The highest BCUT2D eigenvalue weighted by atomic mass is 16.6. The molecule has 0 radical (unpaired) electrons. The number of methoxy groups -OCH3 is 1. The van der Waals surface area contributed by atoms with E-state index in [0.29, 0.717) is 12.2 Å². The van der Waals surface area contributed by atoms with E-state index in [4.69, 9.17) is 14.6 Å². The van der Waals surface area contributed by atoms with Crippen LogP contribution in [0.1, 0.15) is 31.2 Å². The van der Waals surface area contributed by atoms with Crippen molar-refractivity contribution in [1.82, 2.24) is 0 Å². The first-order chi connectivity index (χ1) is 10.7. The zero-order valence-electron chi connectivity index (χ0n) is 13.2. The number of para-hydroxylation sites is 1. The van der Waals surface area contributed by atoms with Gasteiger partial charge in [-0.1, -0.05) is 37.8 Å². The van der Waals surface area contributed by atoms with E-state index in [1.807, 2.05) is 24.3 Å². The molecular weight excluding hydrogens is 280 g/mol. The summed E-state index contributed by atoms with van der Waals surface area (Å²) in [7, 11) is 1.64. The van der Waals surface area contributed by atoms with Crippen LogP contribution in [0.4, 0.5) is 0 Å². The lowest BCUT2D eigenvalue weighted by Crippen LogP contribution is -2.03. The summed E-state index contributed by atoms with van der Waals surface area (Å²) < 4.78 is 10.4. The largest absolute Gasteiger partial charge is 0.512 e. The van der Waals surface area contributed by atoms with Crippen molar-refractivity contribution in [3.05, 3.63) is 66.2 Å². The molecule has 22 heavy (non-hydrogen) atoms. The summed E-state index contributed by atoms with van der Waals surface area (Å²) in [5.41, 5.74) is 1.06. The Labute approximate surface area is 132 Å². The fourth-order valence-electron chi connectivity index (χ4n) is 2.28. The van der Waals surface area contributed by atoms with E-state index in [-0.39, 0.29) is 11.7 Å². The maximum absolute atomic E-state index is 10.2. The van der Waals surface area contributed by atoms with Crippen LogP contribution >= 0.6 is 0 Å². The smallest absolute Gasteiger partial charge is 0.186 e. The minimum Gasteiger partial charge on any atom is -0.512 e. The molecule has 0 saturated carbocycles. The summed E-state index contributed by atoms with van der Waals surface area (Å²) in [6.07, 6.45) is 5.93. The highest BCUT2D eigenvalue weighted by molar-refractivity contribution is 5.37. The van der Waals surface area contributed by atoms with E-state index in [1.165, 1.54) is 12.2 Å². The maximum atomic E-state index is 10.2. The van der Waals surface area contributed by atoms with Crippen LogP contribution in [0.15, 0.2) is 60.6 Å². The fraction of sp³-hybridized carbons (Fsp3) is 0.333. The Morgan fingerprint density at radius 1 is 1.36 bits per heavy atom. The lowest BCUT2D eigenvalue weighted by molar-refractivity contribution is 0.0474. The van der Waals surface area contributed by atoms with Crippen molar-refractivity contribution in [2.75, 3.05) is 13.9 Å². The first-order valence-corrected chi connectivity index (χ1v) is 7.25. The van der Waals surface area contributed by atoms with Crippen LogP contribution in [-0.4, -0.2) is 24.1 Å². The van der Waals surface area contributed by atoms with Gasteiger partial charge in [-0.3, -0.25) is 0 Å². The Bertz CT molecular complexity index is 532. The Hall–Kier alpha value is -2.20. The van der Waals surface area contributed by atoms with Crippen LogP contribution in [0.2, 0.25) is 0 Å². The second kappa shape index (κ2) is 9.68. The number of ether oxygens (including phenoxy) is 2. The van der Waals surface area contributed by atoms with Gasteiger partial charge in [0.1, 0.15) is 11.5 Å². The number of rotatable bonds is 9. The molecule has 1 atom stereocenters. The van der Waals surface area contributed by atoms with Crippen molar-refractivity contribution >= 4 is 0 Å². The highest BCUT2D eigenvalue weighted by Crippen LogP contribution is 2.33. The summed E-state index contributed by atoms with van der Waals surface area (Å²) in [5, 5.41) is 19.0. The molecule has 0 aliphatic rings. The molecule has 4 heteroatoms. The summed E-state index contributed by atoms with van der Waals surface area (Å²) in [6, 6.07) is 7.80. The van der Waals surface area contributed by atoms with Gasteiger partial charge in [0.2, 0.25) is 0 Å². The predicted molar refractivity (Wildman–Crippen MR) is 87.8 cm³/mol. The molecule has 0 aromatic heterocycles. The summed E-state index contributed by atoms with van der Waals surface area (Å²) in [4.78, 5) is 0. The lowest BCUT2D eigenvalue weighted by Gasteiger charge is -2.18. The van der Waals surface area contributed by atoms with E-state index < -0.39 is 6.79 Å². The Morgan fingerprint density at radius 2 is 2.09 bits per heavy atom. The number of allylic oxidation sites excluding steroid dienone is 4. The minimum absolute atomic E-state index is 0.131. The molecule has 1 aromatic carbocycles. The summed E-state index contributed by atoms with van der Waals surface area (Å²) >= 11 is 0. The number of aliphatic hydroxyl groups is 2. The molecule has 0 spiro atoms. The van der Waals surface area contributed by atoms with Gasteiger partial charge in [0, 0.05) is 12.5 Å². The molecule has 0 aliphatic carbocycles. The van der Waals surface area contributed by atoms with Gasteiger partial charge in [-0.15, -0.1) is 0 Å². The van der Waals surface area contributed by atoms with Gasteiger partial charge in [-0.05, 0) is 30.0 Å². The molecule has 120 valence electrons. The summed E-state index contributed by atoms with van der Waals surface area (Å²) in [6.45, 7) is 5.19. The van der Waals surface area contributed by atoms with Gasteiger partial charge in [-0.25, -0.2) is 0 Å². The van der Waals surface area contributed by atoms with Gasteiger partial charge in [0.25, 0.3) is 0 Å². The van der Waals surface area contributed by atoms with Crippen LogP contribution in [0.25, 0.3) is 0 Å². The second-order valence-electron chi connectivity index (χ2n) is 4.77. The Kier molecular flexibility index (Phi) is 7.86. The van der Waals surface area contributed by atoms with Crippen LogP contribution in [0.5, 0.6) is 5.75 Å². The third kappa shape index (κ3) is 5.30. The van der Waals surface area contributed by atoms with Crippen molar-refractivity contribution in [2.45, 2.75) is 25.7 Å². The van der Waals surface area contributed by atoms with Crippen LogP contribution in [-0.2, 0) is 4.74 Å². The molecule has 4 nitrogen and oxygen atoms in total. The third-order valence-electron chi connectivity index (χ3n) is 3.35. The van der Waals surface area contributed by atoms with E-state index in [9.17, 15) is 5.11 Å². The zero-order chi connectivity index (χ0) is 16.4. The third-order valence-corrected chi connectivity index (χ3v) is 3.35. The molecule has 2 N–H and O–H groups in total. The molecule has 0 fully saturated rings. The lowest BCUT2D eigenvalue weighted by atomic mass is 9.91. The minimum atomic E-state index is -0.451. The second-order valence-corrected chi connectivity index (χ2v) is 4.77. The van der Waals surface area contributed by atoms with Crippen molar-refractivity contribution in [3.63, 3.8) is 0 Å².